The van der Waals surface area contributed by atoms with Gasteiger partial charge in [0.1, 0.15) is 17.5 Å². The number of hydrogen-bond donors (Lipinski definition) is 0. The maximum Gasteiger partial charge on any atom is 0.264 e. The Morgan fingerprint density at radius 2 is 1.87 bits per heavy atom. The molecule has 0 bridgehead atoms. The topological polar surface area (TPSA) is 83.4 Å². The number of aromatic nitrogens is 7. The van der Waals surface area contributed by atoms with E-state index in [2.05, 4.69) is 20.3 Å². The van der Waals surface area contributed by atoms with E-state index in [9.17, 15) is 4.79 Å². The average Bonchev–Trinajstić information content (AvgIpc) is 3.06. The van der Waals surface area contributed by atoms with Gasteiger partial charge in [0.2, 0.25) is 0 Å². The van der Waals surface area contributed by atoms with Gasteiger partial charge in [-0.3, -0.25) is 9.36 Å². The van der Waals surface area contributed by atoms with Crippen molar-refractivity contribution in [1.29, 1.82) is 0 Å². The number of fused-ring (bicyclic) bond motifs is 1. The van der Waals surface area contributed by atoms with Gasteiger partial charge in [-0.15, -0.1) is 10.2 Å². The number of hydrogen-bond acceptors (Lipinski definition) is 5. The highest BCUT2D eigenvalue weighted by atomic mass is 16.1. The van der Waals surface area contributed by atoms with Crippen molar-refractivity contribution in [1.82, 2.24) is 34.1 Å². The first-order valence-electron chi connectivity index (χ1n) is 7.63. The monoisotopic (exact) mass is 315 g/mol. The molecule has 23 heavy (non-hydrogen) atoms. The summed E-state index contributed by atoms with van der Waals surface area (Å²) < 4.78 is 5.22. The van der Waals surface area contributed by atoms with E-state index >= 15 is 0 Å². The van der Waals surface area contributed by atoms with E-state index in [1.165, 1.54) is 0 Å². The maximum atomic E-state index is 12.7. The third-order valence-corrected chi connectivity index (χ3v) is 3.87. The first-order valence-corrected chi connectivity index (χ1v) is 7.63. The zero-order chi connectivity index (χ0) is 16.8. The van der Waals surface area contributed by atoms with Crippen molar-refractivity contribution >= 4 is 11.0 Å². The van der Waals surface area contributed by atoms with Gasteiger partial charge < -0.3 is 4.57 Å². The molecule has 3 aromatic heterocycles. The lowest BCUT2D eigenvalue weighted by atomic mass is 10.1. The van der Waals surface area contributed by atoms with E-state index in [-0.39, 0.29) is 11.1 Å². The van der Waals surface area contributed by atoms with Crippen LogP contribution in [0.2, 0.25) is 0 Å². The first kappa shape index (κ1) is 15.4. The summed E-state index contributed by atoms with van der Waals surface area (Å²) in [5.74, 6) is 1.62. The molecule has 8 nitrogen and oxygen atoms in total. The fourth-order valence-electron chi connectivity index (χ4n) is 2.55. The van der Waals surface area contributed by atoms with Crippen LogP contribution in [0.1, 0.15) is 39.3 Å². The van der Waals surface area contributed by atoms with Crippen LogP contribution in [-0.2, 0) is 25.6 Å². The molecule has 3 aromatic rings. The van der Waals surface area contributed by atoms with Crippen LogP contribution >= 0.6 is 0 Å². The predicted octanol–water partition coefficient (Wildman–Crippen LogP) is 1.09. The van der Waals surface area contributed by atoms with Crippen molar-refractivity contribution in [3.63, 3.8) is 0 Å². The summed E-state index contributed by atoms with van der Waals surface area (Å²) in [6.45, 7) is 8.44. The molecule has 8 heteroatoms. The second-order valence-electron chi connectivity index (χ2n) is 6.59. The molecule has 0 N–H and O–H groups in total. The molecule has 0 radical (unpaired) electrons. The van der Waals surface area contributed by atoms with Crippen LogP contribution in [0, 0.1) is 0 Å². The van der Waals surface area contributed by atoms with Gasteiger partial charge in [0.25, 0.3) is 5.56 Å². The van der Waals surface area contributed by atoms with Crippen molar-refractivity contribution < 1.29 is 0 Å². The quantitative estimate of drug-likeness (QED) is 0.722. The molecule has 0 unspecified atom stereocenters. The third-order valence-electron chi connectivity index (χ3n) is 3.87. The minimum absolute atomic E-state index is 0.119. The predicted molar refractivity (Wildman–Crippen MR) is 86.3 cm³/mol. The van der Waals surface area contributed by atoms with Crippen LogP contribution in [0.5, 0.6) is 0 Å². The Hall–Kier alpha value is -2.51. The van der Waals surface area contributed by atoms with E-state index in [0.29, 0.717) is 17.6 Å². The zero-order valence-electron chi connectivity index (χ0n) is 14.1. The Balaban J connectivity index is 2.05. The summed E-state index contributed by atoms with van der Waals surface area (Å²) in [6.07, 6.45) is 3.93. The van der Waals surface area contributed by atoms with Crippen LogP contribution < -0.4 is 5.56 Å². The fourth-order valence-corrected chi connectivity index (χ4v) is 2.55. The van der Waals surface area contributed by atoms with Gasteiger partial charge in [0, 0.05) is 13.5 Å². The SMILES string of the molecule is CCc1nnc(Cn2cnc3c(cnn3C(C)(C)C)c2=O)n1C. The Morgan fingerprint density at radius 3 is 2.48 bits per heavy atom. The van der Waals surface area contributed by atoms with Crippen molar-refractivity contribution in [2.45, 2.75) is 46.2 Å². The zero-order valence-corrected chi connectivity index (χ0v) is 14.1. The molecule has 0 aliphatic heterocycles. The van der Waals surface area contributed by atoms with Crippen LogP contribution in [0.15, 0.2) is 17.3 Å². The maximum absolute atomic E-state index is 12.7. The normalized spacial score (nSPS) is 12.2. The van der Waals surface area contributed by atoms with Gasteiger partial charge in [-0.1, -0.05) is 6.92 Å². The van der Waals surface area contributed by atoms with Crippen LogP contribution in [-0.4, -0.2) is 34.1 Å². The highest BCUT2D eigenvalue weighted by molar-refractivity contribution is 5.73. The van der Waals surface area contributed by atoms with Crippen LogP contribution in [0.4, 0.5) is 0 Å². The molecule has 0 aliphatic carbocycles. The van der Waals surface area contributed by atoms with E-state index in [4.69, 9.17) is 0 Å². The average molecular weight is 315 g/mol. The molecule has 0 fully saturated rings. The van der Waals surface area contributed by atoms with Gasteiger partial charge in [-0.2, -0.15) is 5.10 Å². The minimum atomic E-state index is -0.229. The largest absolute Gasteiger partial charge is 0.317 e. The summed E-state index contributed by atoms with van der Waals surface area (Å²) in [4.78, 5) is 17.1. The Morgan fingerprint density at radius 1 is 1.17 bits per heavy atom. The number of rotatable bonds is 3. The lowest BCUT2D eigenvalue weighted by molar-refractivity contribution is 0.365. The van der Waals surface area contributed by atoms with Gasteiger partial charge in [-0.05, 0) is 20.8 Å². The van der Waals surface area contributed by atoms with Gasteiger partial charge in [0.15, 0.2) is 11.5 Å². The number of aryl methyl sites for hydroxylation is 1. The molecule has 122 valence electrons. The Kier molecular flexibility index (Phi) is 3.54. The highest BCUT2D eigenvalue weighted by Gasteiger charge is 2.20. The summed E-state index contributed by atoms with van der Waals surface area (Å²) in [7, 11) is 1.91. The summed E-state index contributed by atoms with van der Waals surface area (Å²) in [5.41, 5.74) is 0.255. The second kappa shape index (κ2) is 5.29. The van der Waals surface area contributed by atoms with Crippen molar-refractivity contribution in [2.24, 2.45) is 7.05 Å². The van der Waals surface area contributed by atoms with E-state index in [1.54, 1.807) is 21.8 Å². The van der Waals surface area contributed by atoms with Crippen molar-refractivity contribution in [3.8, 4) is 0 Å². The lowest BCUT2D eigenvalue weighted by Crippen LogP contribution is -2.26. The molecule has 0 aromatic carbocycles. The van der Waals surface area contributed by atoms with E-state index in [1.807, 2.05) is 39.3 Å². The van der Waals surface area contributed by atoms with Crippen LogP contribution in [0.3, 0.4) is 0 Å². The van der Waals surface area contributed by atoms with Gasteiger partial charge >= 0.3 is 0 Å². The molecule has 0 saturated heterocycles. The lowest BCUT2D eigenvalue weighted by Gasteiger charge is -2.19. The van der Waals surface area contributed by atoms with Crippen molar-refractivity contribution in [2.75, 3.05) is 0 Å². The highest BCUT2D eigenvalue weighted by Crippen LogP contribution is 2.17. The summed E-state index contributed by atoms with van der Waals surface area (Å²) in [5, 5.41) is 13.1. The minimum Gasteiger partial charge on any atom is -0.317 e. The smallest absolute Gasteiger partial charge is 0.264 e. The molecular formula is C15H21N7O. The van der Waals surface area contributed by atoms with E-state index < -0.39 is 0 Å². The Labute approximate surface area is 133 Å². The Bertz CT molecular complexity index is 910. The molecule has 3 heterocycles. The molecule has 0 amide bonds. The summed E-state index contributed by atoms with van der Waals surface area (Å²) >= 11 is 0. The van der Waals surface area contributed by atoms with Gasteiger partial charge in [-0.25, -0.2) is 9.67 Å². The van der Waals surface area contributed by atoms with Gasteiger partial charge in [0.05, 0.1) is 18.3 Å². The standard InChI is InChI=1S/C15H21N7O/c1-6-11-18-19-12(20(11)5)8-21-9-16-13-10(14(21)23)7-17-22(13)15(2,3)4/h7,9H,6,8H2,1-5H3. The number of nitrogens with zero attached hydrogens (tertiary/aromatic N) is 7. The fraction of sp³-hybridized carbons (Fsp3) is 0.533. The summed E-state index contributed by atoms with van der Waals surface area (Å²) in [6, 6.07) is 0. The third kappa shape index (κ3) is 2.54. The molecular weight excluding hydrogens is 294 g/mol. The van der Waals surface area contributed by atoms with Crippen molar-refractivity contribution in [3.05, 3.63) is 34.5 Å². The molecule has 0 spiro atoms. The van der Waals surface area contributed by atoms with E-state index in [0.717, 1.165) is 18.1 Å². The molecule has 0 aliphatic rings. The molecule has 0 saturated carbocycles. The molecule has 0 atom stereocenters. The second-order valence-corrected chi connectivity index (χ2v) is 6.59. The van der Waals surface area contributed by atoms with Crippen LogP contribution in [0.25, 0.3) is 11.0 Å². The first-order chi connectivity index (χ1) is 10.8. The molecule has 3 rings (SSSR count).